The van der Waals surface area contributed by atoms with Gasteiger partial charge in [0.25, 0.3) is 11.8 Å². The molecular weight excluding hydrogens is 316 g/mol. The van der Waals surface area contributed by atoms with Gasteiger partial charge in [0.15, 0.2) is 5.69 Å². The number of benzene rings is 1. The van der Waals surface area contributed by atoms with Crippen LogP contribution in [0.5, 0.6) is 0 Å². The summed E-state index contributed by atoms with van der Waals surface area (Å²) < 4.78 is 1.45. The van der Waals surface area contributed by atoms with Gasteiger partial charge in [-0.25, -0.2) is 4.79 Å². The first-order valence-electron chi connectivity index (χ1n) is 7.08. The molecule has 9 heteroatoms. The SMILES string of the molecule is Cn1nc(C(=O)O)c2cc(NC3=CC(=O)N(CCO)C3=O)ccc21. The maximum absolute atomic E-state index is 12.1. The molecule has 2 amide bonds. The standard InChI is InChI=1S/C15H14N4O5/c1-18-11-3-2-8(6-9(11)13(17-18)15(23)24)16-10-7-12(21)19(4-5-20)14(10)22/h2-3,6-7,16,20H,4-5H2,1H3,(H,23,24). The average molecular weight is 330 g/mol. The van der Waals surface area contributed by atoms with E-state index in [2.05, 4.69) is 10.4 Å². The Labute approximate surface area is 135 Å². The van der Waals surface area contributed by atoms with Crippen molar-refractivity contribution in [3.8, 4) is 0 Å². The van der Waals surface area contributed by atoms with E-state index in [0.29, 0.717) is 16.6 Å². The third-order valence-corrected chi connectivity index (χ3v) is 3.66. The second-order valence-electron chi connectivity index (χ2n) is 5.21. The minimum Gasteiger partial charge on any atom is -0.476 e. The minimum absolute atomic E-state index is 0.0635. The summed E-state index contributed by atoms with van der Waals surface area (Å²) in [6, 6.07) is 4.88. The van der Waals surface area contributed by atoms with Crippen molar-refractivity contribution >= 4 is 34.4 Å². The number of rotatable bonds is 5. The van der Waals surface area contributed by atoms with Crippen LogP contribution in [-0.2, 0) is 16.6 Å². The molecule has 0 spiro atoms. The first-order chi connectivity index (χ1) is 11.4. The molecule has 0 aliphatic carbocycles. The first kappa shape index (κ1) is 15.7. The fraction of sp³-hybridized carbons (Fsp3) is 0.200. The molecule has 24 heavy (non-hydrogen) atoms. The number of nitrogens with zero attached hydrogens (tertiary/aromatic N) is 3. The Kier molecular flexibility index (Phi) is 3.78. The summed E-state index contributed by atoms with van der Waals surface area (Å²) in [6.07, 6.45) is 1.14. The van der Waals surface area contributed by atoms with E-state index >= 15 is 0 Å². The highest BCUT2D eigenvalue weighted by molar-refractivity contribution is 6.17. The van der Waals surface area contributed by atoms with Gasteiger partial charge in [0.2, 0.25) is 0 Å². The molecular formula is C15H14N4O5. The lowest BCUT2D eigenvalue weighted by molar-refractivity contribution is -0.137. The summed E-state index contributed by atoms with van der Waals surface area (Å²) in [7, 11) is 1.64. The number of aliphatic hydroxyl groups excluding tert-OH is 1. The smallest absolute Gasteiger partial charge is 0.357 e. The van der Waals surface area contributed by atoms with Gasteiger partial charge in [-0.2, -0.15) is 5.10 Å². The van der Waals surface area contributed by atoms with E-state index in [-0.39, 0.29) is 24.5 Å². The molecule has 3 rings (SSSR count). The number of fused-ring (bicyclic) bond motifs is 1. The lowest BCUT2D eigenvalue weighted by Gasteiger charge is -2.13. The van der Waals surface area contributed by atoms with E-state index in [1.807, 2.05) is 0 Å². The Morgan fingerprint density at radius 3 is 2.75 bits per heavy atom. The Hall–Kier alpha value is -3.20. The van der Waals surface area contributed by atoms with Gasteiger partial charge in [0.05, 0.1) is 18.7 Å². The highest BCUT2D eigenvalue weighted by Crippen LogP contribution is 2.24. The number of hydrogen-bond donors (Lipinski definition) is 3. The van der Waals surface area contributed by atoms with Crippen LogP contribution >= 0.6 is 0 Å². The number of hydrogen-bond acceptors (Lipinski definition) is 6. The highest BCUT2D eigenvalue weighted by atomic mass is 16.4. The number of aryl methyl sites for hydroxylation is 1. The number of imide groups is 1. The van der Waals surface area contributed by atoms with Crippen LogP contribution in [-0.4, -0.2) is 55.8 Å². The van der Waals surface area contributed by atoms with Crippen LogP contribution in [0, 0.1) is 0 Å². The molecule has 0 fully saturated rings. The van der Waals surface area contributed by atoms with Gasteiger partial charge in [-0.3, -0.25) is 19.2 Å². The Balaban J connectivity index is 1.93. The third-order valence-electron chi connectivity index (χ3n) is 3.66. The first-order valence-corrected chi connectivity index (χ1v) is 7.08. The third kappa shape index (κ3) is 2.50. The predicted molar refractivity (Wildman–Crippen MR) is 83.2 cm³/mol. The zero-order valence-electron chi connectivity index (χ0n) is 12.7. The number of aromatic carboxylic acids is 1. The Morgan fingerprint density at radius 1 is 1.33 bits per heavy atom. The van der Waals surface area contributed by atoms with Crippen molar-refractivity contribution in [1.29, 1.82) is 0 Å². The summed E-state index contributed by atoms with van der Waals surface area (Å²) in [4.78, 5) is 36.0. The van der Waals surface area contributed by atoms with E-state index in [1.54, 1.807) is 25.2 Å². The van der Waals surface area contributed by atoms with Gasteiger partial charge in [0.1, 0.15) is 5.70 Å². The number of aliphatic hydroxyl groups is 1. The average Bonchev–Trinajstić information content (AvgIpc) is 3.00. The molecule has 1 aromatic carbocycles. The molecule has 0 radical (unpaired) electrons. The summed E-state index contributed by atoms with van der Waals surface area (Å²) in [5.74, 6) is -2.21. The lowest BCUT2D eigenvalue weighted by atomic mass is 10.2. The summed E-state index contributed by atoms with van der Waals surface area (Å²) >= 11 is 0. The van der Waals surface area contributed by atoms with Gasteiger partial charge in [-0.15, -0.1) is 0 Å². The molecule has 0 bridgehead atoms. The van der Waals surface area contributed by atoms with Crippen LogP contribution < -0.4 is 5.32 Å². The molecule has 2 aromatic rings. The number of carboxylic acid groups (broad SMARTS) is 1. The Bertz CT molecular complexity index is 899. The van der Waals surface area contributed by atoms with Crippen molar-refractivity contribution in [3.63, 3.8) is 0 Å². The van der Waals surface area contributed by atoms with Gasteiger partial charge < -0.3 is 15.5 Å². The summed E-state index contributed by atoms with van der Waals surface area (Å²) in [5, 5.41) is 25.3. The topological polar surface area (TPSA) is 125 Å². The van der Waals surface area contributed by atoms with Gasteiger partial charge in [0, 0.05) is 24.2 Å². The second kappa shape index (κ2) is 5.78. The number of anilines is 1. The van der Waals surface area contributed by atoms with Crippen LogP contribution in [0.1, 0.15) is 10.5 Å². The Morgan fingerprint density at radius 2 is 2.08 bits per heavy atom. The molecule has 124 valence electrons. The maximum Gasteiger partial charge on any atom is 0.357 e. The summed E-state index contributed by atoms with van der Waals surface area (Å²) in [5.41, 5.74) is 1.05. The van der Waals surface area contributed by atoms with E-state index in [4.69, 9.17) is 5.11 Å². The van der Waals surface area contributed by atoms with Crippen molar-refractivity contribution < 1.29 is 24.6 Å². The molecule has 1 aliphatic rings. The highest BCUT2D eigenvalue weighted by Gasteiger charge is 2.30. The molecule has 2 heterocycles. The molecule has 9 nitrogen and oxygen atoms in total. The number of carbonyl (C=O) groups excluding carboxylic acids is 2. The predicted octanol–water partition coefficient (Wildman–Crippen LogP) is -0.0716. The lowest BCUT2D eigenvalue weighted by Crippen LogP contribution is -2.34. The molecule has 1 aliphatic heterocycles. The number of β-amino-alcohol motifs (C(OH)–C–C–N with tert-alkyl or cyclic N) is 1. The quantitative estimate of drug-likeness (QED) is 0.655. The van der Waals surface area contributed by atoms with Crippen molar-refractivity contribution in [2.24, 2.45) is 7.05 Å². The number of amides is 2. The second-order valence-corrected chi connectivity index (χ2v) is 5.21. The number of nitrogens with one attached hydrogen (secondary N) is 1. The molecule has 0 saturated carbocycles. The maximum atomic E-state index is 12.1. The van der Waals surface area contributed by atoms with Crippen LogP contribution in [0.4, 0.5) is 5.69 Å². The van der Waals surface area contributed by atoms with Gasteiger partial charge >= 0.3 is 5.97 Å². The molecule has 0 unspecified atom stereocenters. The van der Waals surface area contributed by atoms with Crippen LogP contribution in [0.2, 0.25) is 0 Å². The number of carbonyl (C=O) groups is 3. The van der Waals surface area contributed by atoms with Crippen molar-refractivity contribution in [2.75, 3.05) is 18.5 Å². The van der Waals surface area contributed by atoms with E-state index in [0.717, 1.165) is 11.0 Å². The van der Waals surface area contributed by atoms with Gasteiger partial charge in [-0.05, 0) is 18.2 Å². The zero-order valence-corrected chi connectivity index (χ0v) is 12.7. The van der Waals surface area contributed by atoms with Crippen molar-refractivity contribution in [3.05, 3.63) is 35.7 Å². The zero-order chi connectivity index (χ0) is 17.4. The molecule has 3 N–H and O–H groups in total. The normalized spacial score (nSPS) is 14.4. The van der Waals surface area contributed by atoms with Crippen LogP contribution in [0.25, 0.3) is 10.9 Å². The molecule has 1 aromatic heterocycles. The largest absolute Gasteiger partial charge is 0.476 e. The summed E-state index contributed by atoms with van der Waals surface area (Å²) in [6.45, 7) is -0.396. The van der Waals surface area contributed by atoms with Crippen molar-refractivity contribution in [1.82, 2.24) is 14.7 Å². The van der Waals surface area contributed by atoms with E-state index in [1.165, 1.54) is 4.68 Å². The van der Waals surface area contributed by atoms with Crippen molar-refractivity contribution in [2.45, 2.75) is 0 Å². The number of aromatic nitrogens is 2. The van der Waals surface area contributed by atoms with E-state index < -0.39 is 17.8 Å². The number of carboxylic acids is 1. The fourth-order valence-corrected chi connectivity index (χ4v) is 2.57. The minimum atomic E-state index is -1.15. The van der Waals surface area contributed by atoms with Crippen LogP contribution in [0.3, 0.4) is 0 Å². The monoisotopic (exact) mass is 330 g/mol. The van der Waals surface area contributed by atoms with Gasteiger partial charge in [-0.1, -0.05) is 0 Å². The van der Waals surface area contributed by atoms with E-state index in [9.17, 15) is 19.5 Å². The fourth-order valence-electron chi connectivity index (χ4n) is 2.57. The molecule has 0 atom stereocenters. The van der Waals surface area contributed by atoms with Crippen LogP contribution in [0.15, 0.2) is 30.0 Å². The molecule has 0 saturated heterocycles.